The fourth-order valence-electron chi connectivity index (χ4n) is 2.26. The van der Waals surface area contributed by atoms with Gasteiger partial charge in [0.25, 0.3) is 5.69 Å². The molecule has 0 amide bonds. The Bertz CT molecular complexity index is 565. The van der Waals surface area contributed by atoms with Gasteiger partial charge in [-0.15, -0.1) is 0 Å². The average Bonchev–Trinajstić information content (AvgIpc) is 2.48. The Kier molecular flexibility index (Phi) is 4.86. The van der Waals surface area contributed by atoms with E-state index in [9.17, 15) is 14.9 Å². The Morgan fingerprint density at radius 1 is 1.33 bits per heavy atom. The number of amidine groups is 1. The number of nitro benzene ring substituents is 1. The van der Waals surface area contributed by atoms with Gasteiger partial charge >= 0.3 is 5.97 Å². The highest BCUT2D eigenvalue weighted by atomic mass is 16.7. The van der Waals surface area contributed by atoms with E-state index in [1.807, 2.05) is 4.90 Å². The van der Waals surface area contributed by atoms with Gasteiger partial charge in [0.15, 0.2) is 5.84 Å². The minimum absolute atomic E-state index is 0.0139. The second-order valence-electron chi connectivity index (χ2n) is 4.85. The fourth-order valence-corrected chi connectivity index (χ4v) is 2.26. The zero-order chi connectivity index (χ0) is 15.2. The summed E-state index contributed by atoms with van der Waals surface area (Å²) >= 11 is 0. The SMILES string of the molecule is CC(=O)O/N=C(\c1cccc([N+](=O)[O-])c1)N1CCCCC1. The molecule has 0 N–H and O–H groups in total. The van der Waals surface area contributed by atoms with E-state index in [1.54, 1.807) is 12.1 Å². The van der Waals surface area contributed by atoms with Gasteiger partial charge in [0.1, 0.15) is 0 Å². The lowest BCUT2D eigenvalue weighted by molar-refractivity contribution is -0.384. The molecule has 1 aliphatic heterocycles. The molecule has 1 fully saturated rings. The lowest BCUT2D eigenvalue weighted by Gasteiger charge is -2.29. The van der Waals surface area contributed by atoms with Crippen molar-refractivity contribution in [1.82, 2.24) is 4.90 Å². The highest BCUT2D eigenvalue weighted by Gasteiger charge is 2.19. The zero-order valence-corrected chi connectivity index (χ0v) is 11.8. The smallest absolute Gasteiger partial charge is 0.332 e. The van der Waals surface area contributed by atoms with Gasteiger partial charge in [-0.05, 0) is 19.3 Å². The zero-order valence-electron chi connectivity index (χ0n) is 11.8. The van der Waals surface area contributed by atoms with Crippen molar-refractivity contribution in [3.05, 3.63) is 39.9 Å². The summed E-state index contributed by atoms with van der Waals surface area (Å²) in [6, 6.07) is 6.19. The summed E-state index contributed by atoms with van der Waals surface area (Å²) in [5.41, 5.74) is 0.562. The van der Waals surface area contributed by atoms with Crippen molar-refractivity contribution >= 4 is 17.5 Å². The molecule has 0 saturated carbocycles. The number of carbonyl (C=O) groups is 1. The van der Waals surface area contributed by atoms with Crippen LogP contribution in [0.15, 0.2) is 29.4 Å². The highest BCUT2D eigenvalue weighted by molar-refractivity contribution is 5.99. The van der Waals surface area contributed by atoms with Crippen LogP contribution in [-0.2, 0) is 9.63 Å². The van der Waals surface area contributed by atoms with Gasteiger partial charge in [0, 0.05) is 37.7 Å². The van der Waals surface area contributed by atoms with Crippen molar-refractivity contribution < 1.29 is 14.6 Å². The minimum Gasteiger partial charge on any atom is -0.353 e. The van der Waals surface area contributed by atoms with Gasteiger partial charge in [-0.2, -0.15) is 0 Å². The summed E-state index contributed by atoms with van der Waals surface area (Å²) < 4.78 is 0. The van der Waals surface area contributed by atoms with Gasteiger partial charge in [-0.1, -0.05) is 17.3 Å². The molecule has 0 spiro atoms. The van der Waals surface area contributed by atoms with Gasteiger partial charge < -0.3 is 9.74 Å². The predicted octanol–water partition coefficient (Wildman–Crippen LogP) is 2.31. The molecule has 0 aliphatic carbocycles. The molecule has 1 aromatic carbocycles. The normalized spacial score (nSPS) is 15.7. The molecule has 0 unspecified atom stereocenters. The van der Waals surface area contributed by atoms with Crippen LogP contribution in [0.1, 0.15) is 31.7 Å². The molecule has 1 aromatic rings. The van der Waals surface area contributed by atoms with Crippen molar-refractivity contribution in [2.45, 2.75) is 26.2 Å². The van der Waals surface area contributed by atoms with Crippen LogP contribution >= 0.6 is 0 Å². The number of carbonyl (C=O) groups excluding carboxylic acids is 1. The van der Waals surface area contributed by atoms with Crippen LogP contribution in [0.3, 0.4) is 0 Å². The van der Waals surface area contributed by atoms with E-state index >= 15 is 0 Å². The maximum atomic E-state index is 11.0. The number of hydrogen-bond acceptors (Lipinski definition) is 5. The maximum absolute atomic E-state index is 11.0. The van der Waals surface area contributed by atoms with Gasteiger partial charge in [-0.3, -0.25) is 10.1 Å². The number of non-ortho nitro benzene ring substituents is 1. The molecule has 0 bridgehead atoms. The molecule has 112 valence electrons. The number of nitro groups is 1. The average molecular weight is 291 g/mol. The van der Waals surface area contributed by atoms with Crippen LogP contribution in [-0.4, -0.2) is 34.7 Å². The van der Waals surface area contributed by atoms with E-state index in [0.717, 1.165) is 32.4 Å². The second kappa shape index (κ2) is 6.83. The Labute approximate surface area is 122 Å². The molecule has 21 heavy (non-hydrogen) atoms. The molecule has 1 saturated heterocycles. The lowest BCUT2D eigenvalue weighted by Crippen LogP contribution is -2.36. The first-order chi connectivity index (χ1) is 10.1. The van der Waals surface area contributed by atoms with E-state index < -0.39 is 10.9 Å². The van der Waals surface area contributed by atoms with Crippen molar-refractivity contribution in [2.24, 2.45) is 5.16 Å². The van der Waals surface area contributed by atoms with Gasteiger partial charge in [0.2, 0.25) is 0 Å². The largest absolute Gasteiger partial charge is 0.353 e. The molecular formula is C14H17N3O4. The Hall–Kier alpha value is -2.44. The van der Waals surface area contributed by atoms with Crippen LogP contribution < -0.4 is 0 Å². The Morgan fingerprint density at radius 2 is 2.05 bits per heavy atom. The Morgan fingerprint density at radius 3 is 2.67 bits per heavy atom. The summed E-state index contributed by atoms with van der Waals surface area (Å²) in [5, 5.41) is 14.8. The van der Waals surface area contributed by atoms with Crippen LogP contribution in [0.2, 0.25) is 0 Å². The topological polar surface area (TPSA) is 85.0 Å². The highest BCUT2D eigenvalue weighted by Crippen LogP contribution is 2.18. The number of rotatable bonds is 3. The maximum Gasteiger partial charge on any atom is 0.332 e. The quantitative estimate of drug-likeness (QED) is 0.280. The standard InChI is InChI=1S/C14H17N3O4/c1-11(18)21-15-14(16-8-3-2-4-9-16)12-6-5-7-13(10-12)17(19)20/h5-7,10H,2-4,8-9H2,1H3/b15-14+. The van der Waals surface area contributed by atoms with Crippen molar-refractivity contribution in [3.8, 4) is 0 Å². The number of oxime groups is 1. The number of benzene rings is 1. The molecule has 2 rings (SSSR count). The van der Waals surface area contributed by atoms with Crippen LogP contribution in [0.5, 0.6) is 0 Å². The molecule has 0 radical (unpaired) electrons. The summed E-state index contributed by atoms with van der Waals surface area (Å²) in [6.45, 7) is 2.86. The van der Waals surface area contributed by atoms with Gasteiger partial charge in [0.05, 0.1) is 4.92 Å². The van der Waals surface area contributed by atoms with Crippen molar-refractivity contribution in [1.29, 1.82) is 0 Å². The third-order valence-corrected chi connectivity index (χ3v) is 3.23. The van der Waals surface area contributed by atoms with E-state index in [2.05, 4.69) is 5.16 Å². The summed E-state index contributed by atoms with van der Waals surface area (Å²) in [7, 11) is 0. The van der Waals surface area contributed by atoms with Crippen LogP contribution in [0.25, 0.3) is 0 Å². The molecule has 7 nitrogen and oxygen atoms in total. The van der Waals surface area contributed by atoms with E-state index in [1.165, 1.54) is 19.1 Å². The Balaban J connectivity index is 2.33. The third-order valence-electron chi connectivity index (χ3n) is 3.23. The number of nitrogens with zero attached hydrogens (tertiary/aromatic N) is 3. The lowest BCUT2D eigenvalue weighted by atomic mass is 10.1. The first-order valence-electron chi connectivity index (χ1n) is 6.83. The van der Waals surface area contributed by atoms with E-state index in [-0.39, 0.29) is 5.69 Å². The molecular weight excluding hydrogens is 274 g/mol. The first-order valence-corrected chi connectivity index (χ1v) is 6.83. The molecule has 0 atom stereocenters. The molecule has 0 aromatic heterocycles. The monoisotopic (exact) mass is 291 g/mol. The fraction of sp³-hybridized carbons (Fsp3) is 0.429. The van der Waals surface area contributed by atoms with E-state index in [4.69, 9.17) is 4.84 Å². The van der Waals surface area contributed by atoms with Crippen LogP contribution in [0.4, 0.5) is 5.69 Å². The van der Waals surface area contributed by atoms with Gasteiger partial charge in [-0.25, -0.2) is 4.79 Å². The first kappa shape index (κ1) is 15.0. The predicted molar refractivity (Wildman–Crippen MR) is 76.8 cm³/mol. The minimum atomic E-state index is -0.519. The summed E-state index contributed by atoms with van der Waals surface area (Å²) in [4.78, 5) is 28.2. The summed E-state index contributed by atoms with van der Waals surface area (Å²) in [6.07, 6.45) is 3.19. The number of piperidine rings is 1. The summed E-state index contributed by atoms with van der Waals surface area (Å²) in [5.74, 6) is -0.0523. The molecule has 1 aliphatic rings. The van der Waals surface area contributed by atoms with Crippen molar-refractivity contribution in [2.75, 3.05) is 13.1 Å². The van der Waals surface area contributed by atoms with Crippen LogP contribution in [0, 0.1) is 10.1 Å². The molecule has 7 heteroatoms. The molecule has 1 heterocycles. The second-order valence-corrected chi connectivity index (χ2v) is 4.85. The van der Waals surface area contributed by atoms with Crippen molar-refractivity contribution in [3.63, 3.8) is 0 Å². The van der Waals surface area contributed by atoms with E-state index in [0.29, 0.717) is 11.4 Å². The number of hydrogen-bond donors (Lipinski definition) is 0. The third kappa shape index (κ3) is 4.01. The number of likely N-dealkylation sites (tertiary alicyclic amines) is 1.